The summed E-state index contributed by atoms with van der Waals surface area (Å²) in [5.41, 5.74) is 7.85. The van der Waals surface area contributed by atoms with E-state index in [0.717, 1.165) is 28.8 Å². The van der Waals surface area contributed by atoms with Crippen molar-refractivity contribution in [3.63, 3.8) is 0 Å². The van der Waals surface area contributed by atoms with Gasteiger partial charge >= 0.3 is 0 Å². The van der Waals surface area contributed by atoms with Crippen LogP contribution in [0, 0.1) is 5.92 Å². The lowest BCUT2D eigenvalue weighted by Gasteiger charge is -2.38. The van der Waals surface area contributed by atoms with Gasteiger partial charge in [-0.3, -0.25) is 0 Å². The number of nitrogens with two attached hydrogens (primary N) is 1. The summed E-state index contributed by atoms with van der Waals surface area (Å²) in [5.74, 6) is 1.62. The SMILES string of the molecule is CC1CCC(C)N(c2nc3ccccc3cc2C(N)=S)C1. The van der Waals surface area contributed by atoms with E-state index in [1.54, 1.807) is 0 Å². The summed E-state index contributed by atoms with van der Waals surface area (Å²) >= 11 is 5.26. The van der Waals surface area contributed by atoms with Crippen molar-refractivity contribution in [2.45, 2.75) is 32.7 Å². The van der Waals surface area contributed by atoms with Gasteiger partial charge in [-0.1, -0.05) is 37.3 Å². The van der Waals surface area contributed by atoms with Crippen LogP contribution in [0.15, 0.2) is 30.3 Å². The van der Waals surface area contributed by atoms with Crippen molar-refractivity contribution in [3.8, 4) is 0 Å². The number of aromatic nitrogens is 1. The molecule has 1 aromatic heterocycles. The van der Waals surface area contributed by atoms with E-state index >= 15 is 0 Å². The van der Waals surface area contributed by atoms with Gasteiger partial charge in [0.2, 0.25) is 0 Å². The van der Waals surface area contributed by atoms with Gasteiger partial charge in [0, 0.05) is 18.0 Å². The van der Waals surface area contributed by atoms with Gasteiger partial charge in [-0.05, 0) is 37.8 Å². The summed E-state index contributed by atoms with van der Waals surface area (Å²) in [6.45, 7) is 5.56. The quantitative estimate of drug-likeness (QED) is 0.862. The van der Waals surface area contributed by atoms with E-state index in [0.29, 0.717) is 16.9 Å². The average molecular weight is 299 g/mol. The molecule has 0 aliphatic carbocycles. The lowest BCUT2D eigenvalue weighted by molar-refractivity contribution is 0.388. The molecular weight excluding hydrogens is 278 g/mol. The second-order valence-corrected chi connectivity index (χ2v) is 6.54. The molecule has 2 heterocycles. The van der Waals surface area contributed by atoms with E-state index < -0.39 is 0 Å². The van der Waals surface area contributed by atoms with Crippen LogP contribution in [-0.4, -0.2) is 22.6 Å². The Morgan fingerprint density at radius 3 is 2.81 bits per heavy atom. The average Bonchev–Trinajstić information content (AvgIpc) is 2.48. The van der Waals surface area contributed by atoms with Crippen LogP contribution in [0.5, 0.6) is 0 Å². The zero-order chi connectivity index (χ0) is 15.0. The number of rotatable bonds is 2. The minimum atomic E-state index is 0.425. The molecule has 2 N–H and O–H groups in total. The number of hydrogen-bond acceptors (Lipinski definition) is 3. The van der Waals surface area contributed by atoms with Crippen LogP contribution in [-0.2, 0) is 0 Å². The first kappa shape index (κ1) is 14.3. The summed E-state index contributed by atoms with van der Waals surface area (Å²) < 4.78 is 0. The number of hydrogen-bond donors (Lipinski definition) is 1. The number of pyridine rings is 1. The predicted octanol–water partition coefficient (Wildman–Crippen LogP) is 3.49. The molecule has 3 rings (SSSR count). The molecule has 2 unspecified atom stereocenters. The van der Waals surface area contributed by atoms with E-state index in [4.69, 9.17) is 22.9 Å². The third kappa shape index (κ3) is 2.72. The van der Waals surface area contributed by atoms with Crippen LogP contribution in [0.1, 0.15) is 32.3 Å². The van der Waals surface area contributed by atoms with Gasteiger partial charge < -0.3 is 10.6 Å². The highest BCUT2D eigenvalue weighted by Gasteiger charge is 2.26. The fraction of sp³-hybridized carbons (Fsp3) is 0.412. The van der Waals surface area contributed by atoms with Crippen molar-refractivity contribution in [1.82, 2.24) is 4.98 Å². The number of nitrogens with zero attached hydrogens (tertiary/aromatic N) is 2. The van der Waals surface area contributed by atoms with Gasteiger partial charge in [0.25, 0.3) is 0 Å². The van der Waals surface area contributed by atoms with Gasteiger partial charge in [0.15, 0.2) is 0 Å². The topological polar surface area (TPSA) is 42.2 Å². The van der Waals surface area contributed by atoms with Gasteiger partial charge in [-0.25, -0.2) is 4.98 Å². The minimum Gasteiger partial charge on any atom is -0.389 e. The third-order valence-corrected chi connectivity index (χ3v) is 4.58. The highest BCUT2D eigenvalue weighted by Crippen LogP contribution is 2.30. The number of piperidine rings is 1. The highest BCUT2D eigenvalue weighted by molar-refractivity contribution is 7.80. The molecule has 110 valence electrons. The molecular formula is C17H21N3S. The first-order valence-electron chi connectivity index (χ1n) is 7.52. The second kappa shape index (κ2) is 5.60. The van der Waals surface area contributed by atoms with E-state index in [1.165, 1.54) is 12.8 Å². The minimum absolute atomic E-state index is 0.425. The first-order chi connectivity index (χ1) is 10.1. The maximum absolute atomic E-state index is 5.96. The standard InChI is InChI=1S/C17H21N3S/c1-11-7-8-12(2)20(10-11)17-14(16(18)21)9-13-5-3-4-6-15(13)19-17/h3-6,9,11-12H,7-8,10H2,1-2H3,(H2,18,21). The van der Waals surface area contributed by atoms with Gasteiger partial charge in [-0.2, -0.15) is 0 Å². The van der Waals surface area contributed by atoms with Crippen molar-refractivity contribution in [2.75, 3.05) is 11.4 Å². The fourth-order valence-electron chi connectivity index (χ4n) is 3.09. The van der Waals surface area contributed by atoms with Crippen LogP contribution in [0.25, 0.3) is 10.9 Å². The van der Waals surface area contributed by atoms with Crippen molar-refractivity contribution >= 4 is 33.9 Å². The lowest BCUT2D eigenvalue weighted by atomic mass is 9.94. The van der Waals surface area contributed by atoms with E-state index in [9.17, 15) is 0 Å². The Hall–Kier alpha value is -1.68. The number of fused-ring (bicyclic) bond motifs is 1. The van der Waals surface area contributed by atoms with Gasteiger partial charge in [0.05, 0.1) is 11.1 Å². The van der Waals surface area contributed by atoms with Crippen LogP contribution in [0.3, 0.4) is 0 Å². The zero-order valence-electron chi connectivity index (χ0n) is 12.5. The normalized spacial score (nSPS) is 22.5. The van der Waals surface area contributed by atoms with Crippen LogP contribution in [0.4, 0.5) is 5.82 Å². The molecule has 1 aromatic carbocycles. The maximum atomic E-state index is 5.96. The molecule has 2 atom stereocenters. The summed E-state index contributed by atoms with van der Waals surface area (Å²) in [6, 6.07) is 10.7. The summed E-state index contributed by atoms with van der Waals surface area (Å²) in [6.07, 6.45) is 2.46. The Kier molecular flexibility index (Phi) is 3.81. The second-order valence-electron chi connectivity index (χ2n) is 6.10. The Morgan fingerprint density at radius 2 is 2.05 bits per heavy atom. The molecule has 0 spiro atoms. The zero-order valence-corrected chi connectivity index (χ0v) is 13.4. The van der Waals surface area contributed by atoms with Crippen LogP contribution < -0.4 is 10.6 Å². The molecule has 0 saturated carbocycles. The van der Waals surface area contributed by atoms with Crippen molar-refractivity contribution < 1.29 is 0 Å². The Morgan fingerprint density at radius 1 is 1.29 bits per heavy atom. The predicted molar refractivity (Wildman–Crippen MR) is 92.8 cm³/mol. The highest BCUT2D eigenvalue weighted by atomic mass is 32.1. The Bertz CT molecular complexity index is 683. The molecule has 3 nitrogen and oxygen atoms in total. The lowest BCUT2D eigenvalue weighted by Crippen LogP contribution is -2.42. The van der Waals surface area contributed by atoms with Gasteiger partial charge in [-0.15, -0.1) is 0 Å². The summed E-state index contributed by atoms with van der Waals surface area (Å²) in [5, 5.41) is 1.08. The smallest absolute Gasteiger partial charge is 0.139 e. The molecule has 0 radical (unpaired) electrons. The molecule has 0 amide bonds. The number of anilines is 1. The Balaban J connectivity index is 2.15. The Labute approximate surface area is 131 Å². The fourth-order valence-corrected chi connectivity index (χ4v) is 3.24. The van der Waals surface area contributed by atoms with Crippen molar-refractivity contribution in [2.24, 2.45) is 11.7 Å². The molecule has 1 saturated heterocycles. The van der Waals surface area contributed by atoms with E-state index in [1.807, 2.05) is 18.2 Å². The maximum Gasteiger partial charge on any atom is 0.139 e. The molecule has 1 fully saturated rings. The number of thiocarbonyl (C=S) groups is 1. The number of para-hydroxylation sites is 1. The van der Waals surface area contributed by atoms with Crippen molar-refractivity contribution in [3.05, 3.63) is 35.9 Å². The molecule has 1 aliphatic heterocycles. The van der Waals surface area contributed by atoms with Crippen LogP contribution >= 0.6 is 12.2 Å². The monoisotopic (exact) mass is 299 g/mol. The summed E-state index contributed by atoms with van der Waals surface area (Å²) in [7, 11) is 0. The van der Waals surface area contributed by atoms with Gasteiger partial charge in [0.1, 0.15) is 10.8 Å². The number of benzene rings is 1. The van der Waals surface area contributed by atoms with Crippen molar-refractivity contribution in [1.29, 1.82) is 0 Å². The molecule has 1 aliphatic rings. The molecule has 21 heavy (non-hydrogen) atoms. The van der Waals surface area contributed by atoms with E-state index in [-0.39, 0.29) is 0 Å². The first-order valence-corrected chi connectivity index (χ1v) is 7.93. The summed E-state index contributed by atoms with van der Waals surface area (Å²) in [4.78, 5) is 7.66. The van der Waals surface area contributed by atoms with Crippen LogP contribution in [0.2, 0.25) is 0 Å². The van der Waals surface area contributed by atoms with E-state index in [2.05, 4.69) is 30.9 Å². The molecule has 4 heteroatoms. The molecule has 2 aromatic rings. The largest absolute Gasteiger partial charge is 0.389 e. The molecule has 0 bridgehead atoms. The third-order valence-electron chi connectivity index (χ3n) is 4.36.